The monoisotopic (exact) mass is 274 g/mol. The summed E-state index contributed by atoms with van der Waals surface area (Å²) in [7, 11) is 0. The van der Waals surface area contributed by atoms with E-state index in [1.807, 2.05) is 0 Å². The molecule has 0 unspecified atom stereocenters. The van der Waals surface area contributed by atoms with Crippen LogP contribution < -0.4 is 6.15 Å². The van der Waals surface area contributed by atoms with Crippen LogP contribution in [0.15, 0.2) is 0 Å². The van der Waals surface area contributed by atoms with Crippen LogP contribution in [0.25, 0.3) is 0 Å². The molecule has 0 aliphatic carbocycles. The van der Waals surface area contributed by atoms with Crippen molar-refractivity contribution in [3.63, 3.8) is 0 Å². The van der Waals surface area contributed by atoms with Crippen molar-refractivity contribution in [1.29, 1.82) is 0 Å². The molecule has 116 valence electrons. The molecule has 0 aliphatic heterocycles. The molecule has 0 fully saturated rings. The summed E-state index contributed by atoms with van der Waals surface area (Å²) in [4.78, 5) is 10.3. The fraction of sp³-hybridized carbons (Fsp3) is 0.938. The van der Waals surface area contributed by atoms with Crippen molar-refractivity contribution in [2.75, 3.05) is 0 Å². The van der Waals surface area contributed by atoms with Crippen LogP contribution in [0.3, 0.4) is 0 Å². The molecule has 0 rings (SSSR count). The van der Waals surface area contributed by atoms with Gasteiger partial charge in [0, 0.05) is 6.42 Å². The molecule has 19 heavy (non-hydrogen) atoms. The first-order chi connectivity index (χ1) is 8.77. The Morgan fingerprint density at radius 2 is 1.00 bits per heavy atom. The van der Waals surface area contributed by atoms with Gasteiger partial charge in [0.2, 0.25) is 0 Å². The maximum atomic E-state index is 10.3. The average molecular weight is 274 g/mol. The second kappa shape index (κ2) is 17.4. The lowest BCUT2D eigenvalue weighted by molar-refractivity contribution is -0.137. The van der Waals surface area contributed by atoms with Crippen molar-refractivity contribution in [3.05, 3.63) is 0 Å². The molecular formula is C16H36NO2+. The molecule has 0 aromatic heterocycles. The first-order valence-corrected chi connectivity index (χ1v) is 7.99. The molecule has 3 nitrogen and oxygen atoms in total. The van der Waals surface area contributed by atoms with Crippen LogP contribution in [0.4, 0.5) is 0 Å². The van der Waals surface area contributed by atoms with Gasteiger partial charge in [0.1, 0.15) is 0 Å². The first kappa shape index (κ1) is 20.7. The lowest BCUT2D eigenvalue weighted by Gasteiger charge is -2.02. The summed E-state index contributed by atoms with van der Waals surface area (Å²) in [6.07, 6.45) is 17.3. The second-order valence-electron chi connectivity index (χ2n) is 5.39. The number of hydrogen-bond acceptors (Lipinski definition) is 1. The van der Waals surface area contributed by atoms with Crippen LogP contribution >= 0.6 is 0 Å². The number of carboxylic acid groups (broad SMARTS) is 1. The minimum absolute atomic E-state index is 0. The van der Waals surface area contributed by atoms with Crippen molar-refractivity contribution in [1.82, 2.24) is 6.15 Å². The summed E-state index contributed by atoms with van der Waals surface area (Å²) in [5, 5.41) is 8.49. The van der Waals surface area contributed by atoms with E-state index in [1.54, 1.807) is 0 Å². The molecule has 0 saturated carbocycles. The van der Waals surface area contributed by atoms with Gasteiger partial charge >= 0.3 is 5.97 Å². The van der Waals surface area contributed by atoms with E-state index < -0.39 is 5.97 Å². The highest BCUT2D eigenvalue weighted by Crippen LogP contribution is 2.12. The number of unbranched alkanes of at least 4 members (excludes halogenated alkanes) is 12. The van der Waals surface area contributed by atoms with Gasteiger partial charge in [-0.15, -0.1) is 0 Å². The van der Waals surface area contributed by atoms with E-state index in [2.05, 4.69) is 6.92 Å². The molecule has 0 heterocycles. The number of carbonyl (C=O) groups is 1. The van der Waals surface area contributed by atoms with Crippen LogP contribution in [-0.2, 0) is 4.79 Å². The van der Waals surface area contributed by atoms with Crippen molar-refractivity contribution in [2.45, 2.75) is 96.8 Å². The molecular weight excluding hydrogens is 238 g/mol. The zero-order valence-electron chi connectivity index (χ0n) is 13.3. The van der Waals surface area contributed by atoms with Gasteiger partial charge in [0.25, 0.3) is 0 Å². The standard InChI is InChI=1S/C16H32O2.H3N/c1-2-3-4-5-6-7-8-9-10-11-12-13-14-15-16(17)18;/h2-15H2,1H3,(H,17,18);1H3/p+1. The van der Waals surface area contributed by atoms with E-state index in [0.717, 1.165) is 12.8 Å². The Morgan fingerprint density at radius 3 is 1.32 bits per heavy atom. The van der Waals surface area contributed by atoms with Crippen molar-refractivity contribution < 1.29 is 9.90 Å². The Labute approximate surface area is 119 Å². The molecule has 5 N–H and O–H groups in total. The molecule has 0 aromatic rings. The maximum Gasteiger partial charge on any atom is 0.303 e. The number of hydrogen-bond donors (Lipinski definition) is 2. The predicted octanol–water partition coefficient (Wildman–Crippen LogP) is 5.93. The van der Waals surface area contributed by atoms with Gasteiger partial charge in [-0.3, -0.25) is 4.79 Å². The SMILES string of the molecule is CCCCCCCCCCCCCCCC(=O)O.[NH4+]. The first-order valence-electron chi connectivity index (χ1n) is 7.99. The minimum atomic E-state index is -0.655. The van der Waals surface area contributed by atoms with Crippen molar-refractivity contribution in [3.8, 4) is 0 Å². The highest BCUT2D eigenvalue weighted by Gasteiger charge is 1.96. The molecule has 0 saturated heterocycles. The van der Waals surface area contributed by atoms with Crippen LogP contribution in [0.2, 0.25) is 0 Å². The molecule has 0 spiro atoms. The Kier molecular flexibility index (Phi) is 19.0. The van der Waals surface area contributed by atoms with E-state index in [-0.39, 0.29) is 6.15 Å². The zero-order chi connectivity index (χ0) is 13.5. The number of quaternary nitrogens is 1. The predicted molar refractivity (Wildman–Crippen MR) is 83.9 cm³/mol. The molecule has 0 bridgehead atoms. The highest BCUT2D eigenvalue weighted by atomic mass is 16.4. The Bertz CT molecular complexity index is 184. The van der Waals surface area contributed by atoms with E-state index in [4.69, 9.17) is 5.11 Å². The van der Waals surface area contributed by atoms with Gasteiger partial charge in [-0.25, -0.2) is 0 Å². The summed E-state index contributed by atoms with van der Waals surface area (Å²) in [6.45, 7) is 2.26. The van der Waals surface area contributed by atoms with Crippen molar-refractivity contribution in [2.24, 2.45) is 0 Å². The molecule has 0 amide bonds. The van der Waals surface area contributed by atoms with Crippen LogP contribution in [0.1, 0.15) is 96.8 Å². The fourth-order valence-corrected chi connectivity index (χ4v) is 2.29. The van der Waals surface area contributed by atoms with Crippen LogP contribution in [0, 0.1) is 0 Å². The zero-order valence-corrected chi connectivity index (χ0v) is 13.3. The molecule has 3 heteroatoms. The molecule has 0 radical (unpaired) electrons. The minimum Gasteiger partial charge on any atom is -0.481 e. The highest BCUT2D eigenvalue weighted by molar-refractivity contribution is 5.66. The average Bonchev–Trinajstić information content (AvgIpc) is 2.34. The third-order valence-corrected chi connectivity index (χ3v) is 3.49. The van der Waals surface area contributed by atoms with Gasteiger partial charge < -0.3 is 11.3 Å². The van der Waals surface area contributed by atoms with Crippen LogP contribution in [-0.4, -0.2) is 11.1 Å². The van der Waals surface area contributed by atoms with E-state index in [0.29, 0.717) is 6.42 Å². The summed E-state index contributed by atoms with van der Waals surface area (Å²) < 4.78 is 0. The fourth-order valence-electron chi connectivity index (χ4n) is 2.29. The van der Waals surface area contributed by atoms with E-state index in [1.165, 1.54) is 70.6 Å². The third-order valence-electron chi connectivity index (χ3n) is 3.49. The van der Waals surface area contributed by atoms with Gasteiger partial charge in [0.15, 0.2) is 0 Å². The van der Waals surface area contributed by atoms with Crippen molar-refractivity contribution >= 4 is 5.97 Å². The summed E-state index contributed by atoms with van der Waals surface area (Å²) in [5.74, 6) is -0.655. The summed E-state index contributed by atoms with van der Waals surface area (Å²) in [6, 6.07) is 0. The third kappa shape index (κ3) is 19.9. The topological polar surface area (TPSA) is 73.8 Å². The van der Waals surface area contributed by atoms with E-state index in [9.17, 15) is 4.79 Å². The largest absolute Gasteiger partial charge is 0.481 e. The van der Waals surface area contributed by atoms with Gasteiger partial charge in [-0.1, -0.05) is 84.0 Å². The normalized spacial score (nSPS) is 10.2. The van der Waals surface area contributed by atoms with Gasteiger partial charge in [-0.05, 0) is 6.42 Å². The quantitative estimate of drug-likeness (QED) is 0.385. The van der Waals surface area contributed by atoms with Gasteiger partial charge in [0.05, 0.1) is 0 Å². The molecule has 0 aliphatic rings. The smallest absolute Gasteiger partial charge is 0.303 e. The van der Waals surface area contributed by atoms with Gasteiger partial charge in [-0.2, -0.15) is 0 Å². The Hall–Kier alpha value is -0.570. The Balaban J connectivity index is 0. The Morgan fingerprint density at radius 1 is 0.684 bits per heavy atom. The summed E-state index contributed by atoms with van der Waals surface area (Å²) in [5.41, 5.74) is 0. The maximum absolute atomic E-state index is 10.3. The number of carboxylic acids is 1. The van der Waals surface area contributed by atoms with Crippen LogP contribution in [0.5, 0.6) is 0 Å². The molecule has 0 atom stereocenters. The van der Waals surface area contributed by atoms with E-state index >= 15 is 0 Å². The lowest BCUT2D eigenvalue weighted by atomic mass is 10.0. The molecule has 0 aromatic carbocycles. The lowest BCUT2D eigenvalue weighted by Crippen LogP contribution is -1.93. The second-order valence-corrected chi connectivity index (χ2v) is 5.39. The number of aliphatic carboxylic acids is 1. The summed E-state index contributed by atoms with van der Waals surface area (Å²) >= 11 is 0. The number of rotatable bonds is 14.